The van der Waals surface area contributed by atoms with Crippen molar-refractivity contribution in [3.05, 3.63) is 29.8 Å². The first-order valence-electron chi connectivity index (χ1n) is 8.05. The van der Waals surface area contributed by atoms with E-state index in [-0.39, 0.29) is 36.9 Å². The summed E-state index contributed by atoms with van der Waals surface area (Å²) in [6.07, 6.45) is 0. The van der Waals surface area contributed by atoms with E-state index in [9.17, 15) is 14.4 Å². The van der Waals surface area contributed by atoms with Gasteiger partial charge in [0.05, 0.1) is 25.0 Å². The van der Waals surface area contributed by atoms with Gasteiger partial charge in [0, 0.05) is 24.4 Å². The van der Waals surface area contributed by atoms with Gasteiger partial charge in [-0.25, -0.2) is 0 Å². The van der Waals surface area contributed by atoms with E-state index in [1.807, 2.05) is 31.2 Å². The molecule has 4 atom stereocenters. The molecule has 3 amide bonds. The number of imide groups is 1. The molecule has 24 heavy (non-hydrogen) atoms. The van der Waals surface area contributed by atoms with E-state index < -0.39 is 17.4 Å². The Labute approximate surface area is 139 Å². The number of rotatable bonds is 3. The van der Waals surface area contributed by atoms with E-state index in [0.29, 0.717) is 5.69 Å². The molecule has 0 aromatic heterocycles. The highest BCUT2D eigenvalue weighted by Crippen LogP contribution is 2.52. The number of carbonyl (C=O) groups excluding carboxylic acids is 3. The topological polar surface area (TPSA) is 87.7 Å². The van der Waals surface area contributed by atoms with Gasteiger partial charge in [-0.15, -0.1) is 0 Å². The molecule has 0 unspecified atom stereocenters. The van der Waals surface area contributed by atoms with E-state index in [2.05, 4.69) is 10.6 Å². The van der Waals surface area contributed by atoms with Crippen molar-refractivity contribution in [2.45, 2.75) is 18.5 Å². The number of ether oxygens (including phenoxy) is 1. The first-order valence-corrected chi connectivity index (χ1v) is 8.05. The molecule has 0 saturated carbocycles. The van der Waals surface area contributed by atoms with E-state index in [0.717, 1.165) is 5.56 Å². The number of hydrogen-bond acceptors (Lipinski definition) is 5. The van der Waals surface area contributed by atoms with Crippen molar-refractivity contribution in [2.75, 3.05) is 25.6 Å². The average Bonchev–Trinajstić information content (AvgIpc) is 3.12. The van der Waals surface area contributed by atoms with Crippen LogP contribution in [0.4, 0.5) is 5.69 Å². The van der Waals surface area contributed by atoms with Crippen molar-refractivity contribution < 1.29 is 19.1 Å². The van der Waals surface area contributed by atoms with Crippen LogP contribution in [-0.4, -0.2) is 48.9 Å². The lowest BCUT2D eigenvalue weighted by Gasteiger charge is -2.29. The van der Waals surface area contributed by atoms with Crippen molar-refractivity contribution in [3.8, 4) is 0 Å². The standard InChI is InChI=1S/C17H19N3O4/c1-9-12-13(15(22)20(14(12)21)7-8-24-2)17(19-9)10-5-3-4-6-11(10)18-16(17)23/h3-6,9,12-13,19H,7-8H2,1-2H3,(H,18,23)/t9-,12-,13+,17-/m1/s1. The summed E-state index contributed by atoms with van der Waals surface area (Å²) in [5, 5.41) is 6.11. The lowest BCUT2D eigenvalue weighted by molar-refractivity contribution is -0.143. The van der Waals surface area contributed by atoms with Crippen LogP contribution in [0.5, 0.6) is 0 Å². The first kappa shape index (κ1) is 15.3. The summed E-state index contributed by atoms with van der Waals surface area (Å²) in [6, 6.07) is 7.05. The number of para-hydroxylation sites is 1. The molecule has 2 N–H and O–H groups in total. The highest BCUT2D eigenvalue weighted by Gasteiger charge is 2.69. The molecule has 0 radical (unpaired) electrons. The maximum Gasteiger partial charge on any atom is 0.250 e. The van der Waals surface area contributed by atoms with Crippen LogP contribution < -0.4 is 10.6 Å². The monoisotopic (exact) mass is 329 g/mol. The second kappa shape index (κ2) is 5.12. The van der Waals surface area contributed by atoms with Gasteiger partial charge in [0.2, 0.25) is 17.7 Å². The highest BCUT2D eigenvalue weighted by atomic mass is 16.5. The number of methoxy groups -OCH3 is 1. The Morgan fingerprint density at radius 1 is 1.21 bits per heavy atom. The molecular formula is C17H19N3O4. The van der Waals surface area contributed by atoms with Gasteiger partial charge in [-0.2, -0.15) is 0 Å². The molecule has 126 valence electrons. The van der Waals surface area contributed by atoms with E-state index >= 15 is 0 Å². The predicted octanol–water partition coefficient (Wildman–Crippen LogP) is 0.0733. The molecule has 0 aliphatic carbocycles. The molecule has 3 aliphatic heterocycles. The third-order valence-corrected chi connectivity index (χ3v) is 5.38. The summed E-state index contributed by atoms with van der Waals surface area (Å²) >= 11 is 0. The number of benzene rings is 1. The number of fused-ring (bicyclic) bond motifs is 4. The van der Waals surface area contributed by atoms with Crippen LogP contribution in [0.15, 0.2) is 24.3 Å². The van der Waals surface area contributed by atoms with Crippen LogP contribution in [-0.2, 0) is 24.7 Å². The van der Waals surface area contributed by atoms with Crippen molar-refractivity contribution in [1.29, 1.82) is 0 Å². The molecular weight excluding hydrogens is 310 g/mol. The molecule has 3 heterocycles. The minimum absolute atomic E-state index is 0.216. The zero-order chi connectivity index (χ0) is 17.1. The van der Waals surface area contributed by atoms with Crippen molar-refractivity contribution in [3.63, 3.8) is 0 Å². The van der Waals surface area contributed by atoms with Gasteiger partial charge in [-0.3, -0.25) is 24.6 Å². The third kappa shape index (κ3) is 1.71. The third-order valence-electron chi connectivity index (χ3n) is 5.38. The van der Waals surface area contributed by atoms with Gasteiger partial charge in [0.15, 0.2) is 0 Å². The number of anilines is 1. The van der Waals surface area contributed by atoms with Crippen LogP contribution in [0.3, 0.4) is 0 Å². The molecule has 7 nitrogen and oxygen atoms in total. The normalized spacial score (nSPS) is 34.0. The molecule has 7 heteroatoms. The summed E-state index contributed by atoms with van der Waals surface area (Å²) in [6.45, 7) is 2.35. The zero-order valence-corrected chi connectivity index (χ0v) is 13.5. The second-order valence-electron chi connectivity index (χ2n) is 6.57. The van der Waals surface area contributed by atoms with Gasteiger partial charge in [0.1, 0.15) is 5.54 Å². The molecule has 1 spiro atoms. The van der Waals surface area contributed by atoms with Crippen LogP contribution >= 0.6 is 0 Å². The quantitative estimate of drug-likeness (QED) is 0.767. The average molecular weight is 329 g/mol. The maximum atomic E-state index is 13.0. The lowest BCUT2D eigenvalue weighted by atomic mass is 9.76. The number of likely N-dealkylation sites (tertiary alicyclic amines) is 1. The fourth-order valence-electron chi connectivity index (χ4n) is 4.38. The molecule has 3 aliphatic rings. The molecule has 2 saturated heterocycles. The Morgan fingerprint density at radius 3 is 2.71 bits per heavy atom. The van der Waals surface area contributed by atoms with E-state index in [1.165, 1.54) is 12.0 Å². The highest BCUT2D eigenvalue weighted by molar-refractivity contribution is 6.15. The Bertz CT molecular complexity index is 749. The minimum Gasteiger partial charge on any atom is -0.383 e. The van der Waals surface area contributed by atoms with Crippen molar-refractivity contribution >= 4 is 23.4 Å². The Kier molecular flexibility index (Phi) is 3.26. The van der Waals surface area contributed by atoms with Gasteiger partial charge in [-0.05, 0) is 13.0 Å². The Morgan fingerprint density at radius 2 is 1.96 bits per heavy atom. The number of hydrogen-bond donors (Lipinski definition) is 2. The first-order chi connectivity index (χ1) is 11.5. The van der Waals surface area contributed by atoms with Crippen LogP contribution in [0.2, 0.25) is 0 Å². The van der Waals surface area contributed by atoms with Crippen LogP contribution in [0.25, 0.3) is 0 Å². The maximum absolute atomic E-state index is 13.0. The van der Waals surface area contributed by atoms with Crippen molar-refractivity contribution in [1.82, 2.24) is 10.2 Å². The fourth-order valence-corrected chi connectivity index (χ4v) is 4.38. The number of nitrogens with zero attached hydrogens (tertiary/aromatic N) is 1. The molecule has 1 aromatic rings. The van der Waals surface area contributed by atoms with Gasteiger partial charge < -0.3 is 10.1 Å². The van der Waals surface area contributed by atoms with Gasteiger partial charge >= 0.3 is 0 Å². The smallest absolute Gasteiger partial charge is 0.250 e. The van der Waals surface area contributed by atoms with E-state index in [4.69, 9.17) is 4.74 Å². The number of amides is 3. The predicted molar refractivity (Wildman–Crippen MR) is 84.9 cm³/mol. The molecule has 1 aromatic carbocycles. The SMILES string of the molecule is COCCN1C(=O)[C@H]2[C@@H](C1=O)[C@@]1(N[C@@H]2C)C(=O)Nc2ccccc21. The fraction of sp³-hybridized carbons (Fsp3) is 0.471. The molecule has 2 fully saturated rings. The molecule has 4 rings (SSSR count). The van der Waals surface area contributed by atoms with Gasteiger partial charge in [0.25, 0.3) is 0 Å². The van der Waals surface area contributed by atoms with E-state index in [1.54, 1.807) is 0 Å². The molecule has 0 bridgehead atoms. The summed E-state index contributed by atoms with van der Waals surface area (Å²) in [5.41, 5.74) is 0.262. The Hall–Kier alpha value is -2.25. The lowest BCUT2D eigenvalue weighted by Crippen LogP contribution is -2.53. The summed E-state index contributed by atoms with van der Waals surface area (Å²) in [5.74, 6) is -2.05. The largest absolute Gasteiger partial charge is 0.383 e. The second-order valence-corrected chi connectivity index (χ2v) is 6.57. The zero-order valence-electron chi connectivity index (χ0n) is 13.5. The van der Waals surface area contributed by atoms with Crippen molar-refractivity contribution in [2.24, 2.45) is 11.8 Å². The van der Waals surface area contributed by atoms with Crippen LogP contribution in [0, 0.1) is 11.8 Å². The minimum atomic E-state index is -1.17. The summed E-state index contributed by atoms with van der Waals surface area (Å²) in [7, 11) is 1.53. The number of nitrogens with one attached hydrogen (secondary N) is 2. The van der Waals surface area contributed by atoms with Gasteiger partial charge in [-0.1, -0.05) is 18.2 Å². The summed E-state index contributed by atoms with van der Waals surface area (Å²) in [4.78, 5) is 39.8. The summed E-state index contributed by atoms with van der Waals surface area (Å²) < 4.78 is 5.00. The number of carbonyl (C=O) groups is 3. The Balaban J connectivity index is 1.82. The van der Waals surface area contributed by atoms with Crippen LogP contribution in [0.1, 0.15) is 12.5 Å².